The van der Waals surface area contributed by atoms with Crippen molar-refractivity contribution in [1.82, 2.24) is 10.2 Å². The summed E-state index contributed by atoms with van der Waals surface area (Å²) in [5, 5.41) is 11.8. The van der Waals surface area contributed by atoms with Crippen molar-refractivity contribution in [2.75, 3.05) is 6.54 Å². The third-order valence-corrected chi connectivity index (χ3v) is 4.07. The molecule has 2 N–H and O–H groups in total. The van der Waals surface area contributed by atoms with Gasteiger partial charge in [-0.3, -0.25) is 14.4 Å². The highest BCUT2D eigenvalue weighted by molar-refractivity contribution is 5.80. The Labute approximate surface area is 135 Å². The maximum Gasteiger partial charge on any atom is 0.305 e. The van der Waals surface area contributed by atoms with Gasteiger partial charge in [0.1, 0.15) is 0 Å². The zero-order valence-corrected chi connectivity index (χ0v) is 13.2. The van der Waals surface area contributed by atoms with Crippen LogP contribution in [0.5, 0.6) is 0 Å². The molecule has 2 atom stereocenters. The second-order valence-electron chi connectivity index (χ2n) is 5.85. The van der Waals surface area contributed by atoms with Gasteiger partial charge in [0.2, 0.25) is 11.8 Å². The third-order valence-electron chi connectivity index (χ3n) is 4.07. The molecule has 1 aliphatic heterocycles. The lowest BCUT2D eigenvalue weighted by atomic mass is 10.0. The number of amides is 2. The van der Waals surface area contributed by atoms with E-state index in [0.717, 1.165) is 12.0 Å². The number of carboxylic acids is 1. The molecule has 0 saturated carbocycles. The molecule has 1 saturated heterocycles. The Morgan fingerprint density at radius 2 is 2.00 bits per heavy atom. The molecule has 0 spiro atoms. The van der Waals surface area contributed by atoms with Crippen LogP contribution in [0.2, 0.25) is 0 Å². The molecular formula is C17H22N2O4. The Morgan fingerprint density at radius 1 is 1.30 bits per heavy atom. The van der Waals surface area contributed by atoms with E-state index in [2.05, 4.69) is 5.32 Å². The second kappa shape index (κ2) is 7.76. The van der Waals surface area contributed by atoms with Crippen LogP contribution >= 0.6 is 0 Å². The Bertz CT molecular complexity index is 573. The minimum absolute atomic E-state index is 0.0259. The smallest absolute Gasteiger partial charge is 0.305 e. The van der Waals surface area contributed by atoms with Gasteiger partial charge >= 0.3 is 5.97 Å². The van der Waals surface area contributed by atoms with Crippen LogP contribution in [0.1, 0.15) is 44.2 Å². The van der Waals surface area contributed by atoms with E-state index < -0.39 is 12.0 Å². The number of rotatable bonds is 6. The molecule has 1 heterocycles. The van der Waals surface area contributed by atoms with Gasteiger partial charge in [-0.25, -0.2) is 0 Å². The van der Waals surface area contributed by atoms with Gasteiger partial charge < -0.3 is 15.3 Å². The van der Waals surface area contributed by atoms with Crippen LogP contribution in [-0.2, 0) is 14.4 Å². The maximum atomic E-state index is 12.6. The lowest BCUT2D eigenvalue weighted by Gasteiger charge is -2.26. The van der Waals surface area contributed by atoms with Crippen molar-refractivity contribution < 1.29 is 19.5 Å². The van der Waals surface area contributed by atoms with Crippen LogP contribution in [-0.4, -0.2) is 40.4 Å². The van der Waals surface area contributed by atoms with Crippen LogP contribution in [0.15, 0.2) is 30.3 Å². The first-order valence-electron chi connectivity index (χ1n) is 7.80. The average Bonchev–Trinajstić information content (AvgIpc) is 2.94. The van der Waals surface area contributed by atoms with E-state index >= 15 is 0 Å². The molecule has 6 heteroatoms. The largest absolute Gasteiger partial charge is 0.481 e. The molecule has 2 rings (SSSR count). The standard InChI is InChI=1S/C17H22N2O4/c1-12(20)18-15(13-6-3-2-4-7-13)11-16(21)19-9-5-8-14(19)10-17(22)23/h2-4,6-7,14-15H,5,8-11H2,1H3,(H,18,20)(H,22,23). The summed E-state index contributed by atoms with van der Waals surface area (Å²) in [6.07, 6.45) is 1.65. The van der Waals surface area contributed by atoms with Crippen molar-refractivity contribution >= 4 is 17.8 Å². The molecule has 124 valence electrons. The molecular weight excluding hydrogens is 296 g/mol. The van der Waals surface area contributed by atoms with E-state index in [0.29, 0.717) is 13.0 Å². The van der Waals surface area contributed by atoms with Crippen molar-refractivity contribution in [3.05, 3.63) is 35.9 Å². The summed E-state index contributed by atoms with van der Waals surface area (Å²) in [6, 6.07) is 8.69. The predicted molar refractivity (Wildman–Crippen MR) is 84.6 cm³/mol. The van der Waals surface area contributed by atoms with Gasteiger partial charge in [-0.1, -0.05) is 30.3 Å². The number of carbonyl (C=O) groups is 3. The highest BCUT2D eigenvalue weighted by Crippen LogP contribution is 2.24. The number of nitrogens with one attached hydrogen (secondary N) is 1. The zero-order chi connectivity index (χ0) is 16.8. The molecule has 2 unspecified atom stereocenters. The number of likely N-dealkylation sites (tertiary alicyclic amines) is 1. The summed E-state index contributed by atoms with van der Waals surface area (Å²) in [5.41, 5.74) is 0.866. The Hall–Kier alpha value is -2.37. The van der Waals surface area contributed by atoms with Gasteiger partial charge in [-0.15, -0.1) is 0 Å². The van der Waals surface area contributed by atoms with E-state index in [9.17, 15) is 14.4 Å². The summed E-state index contributed by atoms with van der Waals surface area (Å²) in [4.78, 5) is 36.6. The van der Waals surface area contributed by atoms with Crippen molar-refractivity contribution in [2.45, 2.75) is 44.7 Å². The second-order valence-corrected chi connectivity index (χ2v) is 5.85. The normalized spacial score (nSPS) is 18.5. The van der Waals surface area contributed by atoms with Crippen molar-refractivity contribution in [3.8, 4) is 0 Å². The summed E-state index contributed by atoms with van der Waals surface area (Å²) in [7, 11) is 0. The first kappa shape index (κ1) is 17.0. The summed E-state index contributed by atoms with van der Waals surface area (Å²) in [5.74, 6) is -1.21. The quantitative estimate of drug-likeness (QED) is 0.836. The highest BCUT2D eigenvalue weighted by Gasteiger charge is 2.31. The zero-order valence-electron chi connectivity index (χ0n) is 13.2. The molecule has 0 aliphatic carbocycles. The van der Waals surface area contributed by atoms with Gasteiger partial charge in [0.05, 0.1) is 18.9 Å². The van der Waals surface area contributed by atoms with Crippen LogP contribution in [0, 0.1) is 0 Å². The fourth-order valence-corrected chi connectivity index (χ4v) is 3.05. The number of nitrogens with zero attached hydrogens (tertiary/aromatic N) is 1. The number of benzene rings is 1. The number of aliphatic carboxylic acids is 1. The third kappa shape index (κ3) is 4.81. The van der Waals surface area contributed by atoms with Gasteiger partial charge in [0.25, 0.3) is 0 Å². The number of hydrogen-bond acceptors (Lipinski definition) is 3. The molecule has 0 bridgehead atoms. The van der Waals surface area contributed by atoms with E-state index in [1.54, 1.807) is 4.90 Å². The molecule has 1 aliphatic rings. The fourth-order valence-electron chi connectivity index (χ4n) is 3.05. The predicted octanol–water partition coefficient (Wildman–Crippen LogP) is 1.72. The van der Waals surface area contributed by atoms with Gasteiger partial charge in [0, 0.05) is 19.5 Å². The van der Waals surface area contributed by atoms with E-state index in [1.165, 1.54) is 6.92 Å². The van der Waals surface area contributed by atoms with Crippen LogP contribution < -0.4 is 5.32 Å². The van der Waals surface area contributed by atoms with Gasteiger partial charge in [-0.2, -0.15) is 0 Å². The van der Waals surface area contributed by atoms with E-state index in [-0.39, 0.29) is 30.7 Å². The molecule has 1 aromatic carbocycles. The average molecular weight is 318 g/mol. The van der Waals surface area contributed by atoms with Gasteiger partial charge in [-0.05, 0) is 18.4 Å². The monoisotopic (exact) mass is 318 g/mol. The SMILES string of the molecule is CC(=O)NC(CC(=O)N1CCCC1CC(=O)O)c1ccccc1. The minimum Gasteiger partial charge on any atom is -0.481 e. The molecule has 2 amide bonds. The first-order valence-corrected chi connectivity index (χ1v) is 7.80. The Kier molecular flexibility index (Phi) is 5.73. The molecule has 6 nitrogen and oxygen atoms in total. The topological polar surface area (TPSA) is 86.7 Å². The van der Waals surface area contributed by atoms with Gasteiger partial charge in [0.15, 0.2) is 0 Å². The summed E-state index contributed by atoms with van der Waals surface area (Å²) < 4.78 is 0. The first-order chi connectivity index (χ1) is 11.0. The molecule has 0 radical (unpaired) electrons. The number of carbonyl (C=O) groups excluding carboxylic acids is 2. The molecule has 1 fully saturated rings. The van der Waals surface area contributed by atoms with Crippen LogP contribution in [0.3, 0.4) is 0 Å². The Morgan fingerprint density at radius 3 is 2.61 bits per heavy atom. The van der Waals surface area contributed by atoms with Crippen molar-refractivity contribution in [2.24, 2.45) is 0 Å². The van der Waals surface area contributed by atoms with E-state index in [1.807, 2.05) is 30.3 Å². The van der Waals surface area contributed by atoms with E-state index in [4.69, 9.17) is 5.11 Å². The molecule has 0 aromatic heterocycles. The van der Waals surface area contributed by atoms with Crippen molar-refractivity contribution in [1.29, 1.82) is 0 Å². The van der Waals surface area contributed by atoms with Crippen molar-refractivity contribution in [3.63, 3.8) is 0 Å². The lowest BCUT2D eigenvalue weighted by Crippen LogP contribution is -2.39. The summed E-state index contributed by atoms with van der Waals surface area (Å²) >= 11 is 0. The maximum absolute atomic E-state index is 12.6. The highest BCUT2D eigenvalue weighted by atomic mass is 16.4. The molecule has 23 heavy (non-hydrogen) atoms. The van der Waals surface area contributed by atoms with Crippen LogP contribution in [0.4, 0.5) is 0 Å². The Balaban J connectivity index is 2.08. The minimum atomic E-state index is -0.892. The number of carboxylic acid groups (broad SMARTS) is 1. The lowest BCUT2D eigenvalue weighted by molar-refractivity contribution is -0.140. The fraction of sp³-hybridized carbons (Fsp3) is 0.471. The molecule has 1 aromatic rings. The summed E-state index contributed by atoms with van der Waals surface area (Å²) in [6.45, 7) is 2.00. The number of hydrogen-bond donors (Lipinski definition) is 2. The van der Waals surface area contributed by atoms with Crippen LogP contribution in [0.25, 0.3) is 0 Å².